The van der Waals surface area contributed by atoms with Gasteiger partial charge < -0.3 is 14.2 Å². The molecule has 0 saturated heterocycles. The molecule has 2 aromatic carbocycles. The van der Waals surface area contributed by atoms with Gasteiger partial charge in [0.15, 0.2) is 11.5 Å². The van der Waals surface area contributed by atoms with Crippen molar-refractivity contribution in [2.24, 2.45) is 0 Å². The van der Waals surface area contributed by atoms with Crippen molar-refractivity contribution >= 4 is 23.4 Å². The highest BCUT2D eigenvalue weighted by Crippen LogP contribution is 2.44. The lowest BCUT2D eigenvalue weighted by atomic mass is 9.86. The number of aromatic nitrogens is 1. The average molecular weight is 481 g/mol. The van der Waals surface area contributed by atoms with Crippen LogP contribution in [0.5, 0.6) is 17.2 Å². The Bertz CT molecular complexity index is 1180. The van der Waals surface area contributed by atoms with E-state index < -0.39 is 0 Å². The van der Waals surface area contributed by atoms with Crippen molar-refractivity contribution in [3.63, 3.8) is 0 Å². The van der Waals surface area contributed by atoms with Gasteiger partial charge in [0.1, 0.15) is 11.1 Å². The molecule has 0 spiro atoms. The molecular formula is C26H25ClN2O3S. The van der Waals surface area contributed by atoms with E-state index in [4.69, 9.17) is 30.8 Å². The summed E-state index contributed by atoms with van der Waals surface area (Å²) in [6, 6.07) is 14.1. The van der Waals surface area contributed by atoms with Gasteiger partial charge in [0.2, 0.25) is 5.75 Å². The Morgan fingerprint density at radius 2 is 1.61 bits per heavy atom. The first-order chi connectivity index (χ1) is 16.1. The first-order valence-corrected chi connectivity index (χ1v) is 12.1. The second-order valence-corrected chi connectivity index (χ2v) is 9.15. The molecule has 3 aromatic rings. The standard InChI is InChI=1S/C26H25ClN2O3S/c1-30-22-12-17(13-23(31-2)25(22)32-3)24-20-7-5-4-6-19(20)21(14-28)26(29-24)33-15-16-8-10-18(27)11-9-16/h8-13H,4-7,15H2,1-3H3. The van der Waals surface area contributed by atoms with Crippen LogP contribution in [0, 0.1) is 11.3 Å². The van der Waals surface area contributed by atoms with Gasteiger partial charge in [-0.25, -0.2) is 4.98 Å². The van der Waals surface area contributed by atoms with Crippen LogP contribution in [0.3, 0.4) is 0 Å². The minimum atomic E-state index is 0.545. The molecule has 7 heteroatoms. The first kappa shape index (κ1) is 23.3. The van der Waals surface area contributed by atoms with Gasteiger partial charge in [0, 0.05) is 16.3 Å². The van der Waals surface area contributed by atoms with Crippen molar-refractivity contribution in [3.8, 4) is 34.6 Å². The van der Waals surface area contributed by atoms with Crippen LogP contribution in [0.2, 0.25) is 5.02 Å². The van der Waals surface area contributed by atoms with Crippen molar-refractivity contribution < 1.29 is 14.2 Å². The molecule has 4 rings (SSSR count). The van der Waals surface area contributed by atoms with Crippen LogP contribution in [0.15, 0.2) is 41.4 Å². The maximum Gasteiger partial charge on any atom is 0.203 e. The SMILES string of the molecule is COc1cc(-c2nc(SCc3ccc(Cl)cc3)c(C#N)c3c2CCCC3)cc(OC)c1OC. The Morgan fingerprint density at radius 3 is 2.18 bits per heavy atom. The van der Waals surface area contributed by atoms with Crippen LogP contribution in [0.1, 0.15) is 35.1 Å². The molecule has 5 nitrogen and oxygen atoms in total. The summed E-state index contributed by atoms with van der Waals surface area (Å²) in [5.74, 6) is 2.41. The summed E-state index contributed by atoms with van der Waals surface area (Å²) >= 11 is 7.60. The lowest BCUT2D eigenvalue weighted by molar-refractivity contribution is 0.324. The molecule has 0 radical (unpaired) electrons. The number of pyridine rings is 1. The zero-order valence-electron chi connectivity index (χ0n) is 18.9. The van der Waals surface area contributed by atoms with E-state index in [0.29, 0.717) is 33.6 Å². The predicted octanol–water partition coefficient (Wildman–Crippen LogP) is 6.47. The highest BCUT2D eigenvalue weighted by atomic mass is 35.5. The van der Waals surface area contributed by atoms with Gasteiger partial charge in [-0.05, 0) is 66.6 Å². The molecule has 0 atom stereocenters. The van der Waals surface area contributed by atoms with Gasteiger partial charge in [-0.2, -0.15) is 5.26 Å². The van der Waals surface area contributed by atoms with E-state index in [0.717, 1.165) is 58.7 Å². The highest BCUT2D eigenvalue weighted by Gasteiger charge is 2.25. The topological polar surface area (TPSA) is 64.4 Å². The van der Waals surface area contributed by atoms with Gasteiger partial charge in [0.05, 0.1) is 32.6 Å². The summed E-state index contributed by atoms with van der Waals surface area (Å²) in [5, 5.41) is 11.5. The average Bonchev–Trinajstić information content (AvgIpc) is 2.86. The maximum absolute atomic E-state index is 10.0. The lowest BCUT2D eigenvalue weighted by Crippen LogP contribution is -2.11. The number of hydrogen-bond acceptors (Lipinski definition) is 6. The lowest BCUT2D eigenvalue weighted by Gasteiger charge is -2.23. The van der Waals surface area contributed by atoms with Crippen LogP contribution in [0.4, 0.5) is 0 Å². The molecule has 1 aliphatic carbocycles. The Balaban J connectivity index is 1.84. The molecule has 1 heterocycles. The van der Waals surface area contributed by atoms with Gasteiger partial charge in [0.25, 0.3) is 0 Å². The van der Waals surface area contributed by atoms with Crippen molar-refractivity contribution in [3.05, 3.63) is 63.7 Å². The summed E-state index contributed by atoms with van der Waals surface area (Å²) in [7, 11) is 4.81. The van der Waals surface area contributed by atoms with Gasteiger partial charge in [-0.1, -0.05) is 23.7 Å². The number of halogens is 1. The molecule has 0 N–H and O–H groups in total. The smallest absolute Gasteiger partial charge is 0.203 e. The second kappa shape index (κ2) is 10.4. The third-order valence-electron chi connectivity index (χ3n) is 5.82. The van der Waals surface area contributed by atoms with Gasteiger partial charge in [-0.3, -0.25) is 0 Å². The summed E-state index contributed by atoms with van der Waals surface area (Å²) in [6.45, 7) is 0. The number of nitrogens with zero attached hydrogens (tertiary/aromatic N) is 2. The summed E-state index contributed by atoms with van der Waals surface area (Å²) in [5.41, 5.74) is 5.84. The fraction of sp³-hybridized carbons (Fsp3) is 0.308. The fourth-order valence-electron chi connectivity index (χ4n) is 4.21. The Hall–Kier alpha value is -2.88. The summed E-state index contributed by atoms with van der Waals surface area (Å²) in [4.78, 5) is 5.03. The van der Waals surface area contributed by atoms with E-state index in [9.17, 15) is 5.26 Å². The monoisotopic (exact) mass is 480 g/mol. The molecule has 33 heavy (non-hydrogen) atoms. The van der Waals surface area contributed by atoms with E-state index in [-0.39, 0.29) is 0 Å². The third kappa shape index (κ3) is 4.75. The largest absolute Gasteiger partial charge is 0.493 e. The Kier molecular flexibility index (Phi) is 7.32. The van der Waals surface area contributed by atoms with Crippen molar-refractivity contribution in [2.45, 2.75) is 36.5 Å². The molecular weight excluding hydrogens is 456 g/mol. The predicted molar refractivity (Wildman–Crippen MR) is 132 cm³/mol. The number of rotatable bonds is 7. The second-order valence-electron chi connectivity index (χ2n) is 7.75. The summed E-state index contributed by atoms with van der Waals surface area (Å²) < 4.78 is 16.6. The van der Waals surface area contributed by atoms with E-state index >= 15 is 0 Å². The van der Waals surface area contributed by atoms with E-state index in [2.05, 4.69) is 6.07 Å². The maximum atomic E-state index is 10.0. The van der Waals surface area contributed by atoms with Crippen LogP contribution in [0.25, 0.3) is 11.3 Å². The molecule has 0 fully saturated rings. The van der Waals surface area contributed by atoms with Gasteiger partial charge in [-0.15, -0.1) is 11.8 Å². The minimum Gasteiger partial charge on any atom is -0.493 e. The number of ether oxygens (including phenoxy) is 3. The highest BCUT2D eigenvalue weighted by molar-refractivity contribution is 7.98. The van der Waals surface area contributed by atoms with E-state index in [1.54, 1.807) is 33.1 Å². The van der Waals surface area contributed by atoms with Crippen molar-refractivity contribution in [2.75, 3.05) is 21.3 Å². The van der Waals surface area contributed by atoms with E-state index in [1.807, 2.05) is 36.4 Å². The van der Waals surface area contributed by atoms with Crippen LogP contribution in [-0.4, -0.2) is 26.3 Å². The molecule has 0 saturated carbocycles. The van der Waals surface area contributed by atoms with Crippen molar-refractivity contribution in [1.82, 2.24) is 4.98 Å². The normalized spacial score (nSPS) is 12.6. The fourth-order valence-corrected chi connectivity index (χ4v) is 5.30. The number of thioether (sulfide) groups is 1. The molecule has 0 unspecified atom stereocenters. The van der Waals surface area contributed by atoms with Crippen LogP contribution >= 0.6 is 23.4 Å². The minimum absolute atomic E-state index is 0.545. The van der Waals surface area contributed by atoms with Gasteiger partial charge >= 0.3 is 0 Å². The number of fused-ring (bicyclic) bond motifs is 1. The third-order valence-corrected chi connectivity index (χ3v) is 7.12. The quantitative estimate of drug-likeness (QED) is 0.361. The van der Waals surface area contributed by atoms with Crippen LogP contribution < -0.4 is 14.2 Å². The van der Waals surface area contributed by atoms with Crippen molar-refractivity contribution in [1.29, 1.82) is 5.26 Å². The molecule has 0 aliphatic heterocycles. The Labute approximate surface area is 203 Å². The summed E-state index contributed by atoms with van der Waals surface area (Å²) in [6.07, 6.45) is 3.92. The Morgan fingerprint density at radius 1 is 0.970 bits per heavy atom. The van der Waals surface area contributed by atoms with Crippen LogP contribution in [-0.2, 0) is 18.6 Å². The molecule has 0 amide bonds. The number of methoxy groups -OCH3 is 3. The molecule has 1 aromatic heterocycles. The zero-order chi connectivity index (χ0) is 23.4. The molecule has 170 valence electrons. The molecule has 0 bridgehead atoms. The number of nitriles is 1. The number of benzene rings is 2. The molecule has 1 aliphatic rings. The van der Waals surface area contributed by atoms with E-state index in [1.165, 1.54) is 0 Å². The first-order valence-electron chi connectivity index (χ1n) is 10.7. The zero-order valence-corrected chi connectivity index (χ0v) is 20.5. The number of hydrogen-bond donors (Lipinski definition) is 0.